The quantitative estimate of drug-likeness (QED) is 0.797. The van der Waals surface area contributed by atoms with Gasteiger partial charge in [-0.15, -0.1) is 11.3 Å². The molecule has 3 rings (SSSR count). The minimum Gasteiger partial charge on any atom is -0.366 e. The molecule has 1 N–H and O–H groups in total. The zero-order chi connectivity index (χ0) is 14.3. The van der Waals surface area contributed by atoms with Crippen LogP contribution in [0.25, 0.3) is 10.2 Å². The Balaban J connectivity index is 2.01. The van der Waals surface area contributed by atoms with Crippen LogP contribution in [0.2, 0.25) is 5.28 Å². The maximum absolute atomic E-state index is 6.08. The van der Waals surface area contributed by atoms with Gasteiger partial charge in [-0.3, -0.25) is 0 Å². The van der Waals surface area contributed by atoms with Crippen molar-refractivity contribution in [3.05, 3.63) is 15.7 Å². The van der Waals surface area contributed by atoms with Crippen molar-refractivity contribution in [3.63, 3.8) is 0 Å². The molecular formula is C15H20ClN3S. The summed E-state index contributed by atoms with van der Waals surface area (Å²) in [6.07, 6.45) is 5.15. The van der Waals surface area contributed by atoms with Crippen molar-refractivity contribution in [1.29, 1.82) is 0 Å². The Hall–Kier alpha value is -0.870. The number of aromatic nitrogens is 2. The van der Waals surface area contributed by atoms with Crippen LogP contribution in [0, 0.1) is 19.8 Å². The highest BCUT2D eigenvalue weighted by Crippen LogP contribution is 2.35. The third-order valence-electron chi connectivity index (χ3n) is 4.43. The number of halogens is 1. The Morgan fingerprint density at radius 3 is 2.70 bits per heavy atom. The summed E-state index contributed by atoms with van der Waals surface area (Å²) >= 11 is 7.78. The minimum atomic E-state index is 0.338. The second-order valence-electron chi connectivity index (χ2n) is 5.82. The molecule has 3 nitrogen and oxygen atoms in total. The zero-order valence-corrected chi connectivity index (χ0v) is 13.7. The van der Waals surface area contributed by atoms with Gasteiger partial charge in [-0.25, -0.2) is 9.97 Å². The van der Waals surface area contributed by atoms with Crippen molar-refractivity contribution in [1.82, 2.24) is 9.97 Å². The number of hydrogen-bond donors (Lipinski definition) is 1. The van der Waals surface area contributed by atoms with Crippen molar-refractivity contribution in [2.24, 2.45) is 5.92 Å². The van der Waals surface area contributed by atoms with Gasteiger partial charge in [0.1, 0.15) is 10.6 Å². The summed E-state index contributed by atoms with van der Waals surface area (Å²) in [6, 6.07) is 0.498. The largest absolute Gasteiger partial charge is 0.366 e. The van der Waals surface area contributed by atoms with Gasteiger partial charge in [-0.1, -0.05) is 19.8 Å². The highest BCUT2D eigenvalue weighted by molar-refractivity contribution is 7.18. The van der Waals surface area contributed by atoms with E-state index in [0.29, 0.717) is 17.2 Å². The number of anilines is 1. The van der Waals surface area contributed by atoms with E-state index in [9.17, 15) is 0 Å². The molecule has 2 aromatic heterocycles. The number of hydrogen-bond acceptors (Lipinski definition) is 4. The molecule has 2 aromatic rings. The first kappa shape index (κ1) is 14.1. The van der Waals surface area contributed by atoms with Gasteiger partial charge in [0.2, 0.25) is 5.28 Å². The molecule has 0 spiro atoms. The van der Waals surface area contributed by atoms with Crippen molar-refractivity contribution >= 4 is 39.0 Å². The lowest BCUT2D eigenvalue weighted by Crippen LogP contribution is -2.30. The van der Waals surface area contributed by atoms with Crippen LogP contribution in [0.1, 0.15) is 43.0 Å². The number of fused-ring (bicyclic) bond motifs is 1. The van der Waals surface area contributed by atoms with Crippen LogP contribution in [0.5, 0.6) is 0 Å². The van der Waals surface area contributed by atoms with Gasteiger partial charge in [0.25, 0.3) is 0 Å². The third kappa shape index (κ3) is 2.51. The van der Waals surface area contributed by atoms with Crippen LogP contribution in [0.4, 0.5) is 5.82 Å². The highest BCUT2D eigenvalue weighted by Gasteiger charge is 2.23. The molecule has 0 radical (unpaired) electrons. The van der Waals surface area contributed by atoms with Gasteiger partial charge in [-0.2, -0.15) is 0 Å². The Morgan fingerprint density at radius 2 is 1.95 bits per heavy atom. The molecule has 1 fully saturated rings. The summed E-state index contributed by atoms with van der Waals surface area (Å²) in [5.74, 6) is 1.60. The zero-order valence-electron chi connectivity index (χ0n) is 12.2. The molecule has 2 atom stereocenters. The van der Waals surface area contributed by atoms with Crippen molar-refractivity contribution < 1.29 is 0 Å². The molecule has 0 aromatic carbocycles. The summed E-state index contributed by atoms with van der Waals surface area (Å²) < 4.78 is 0. The van der Waals surface area contributed by atoms with E-state index in [1.54, 1.807) is 11.3 Å². The predicted molar refractivity (Wildman–Crippen MR) is 86.9 cm³/mol. The normalized spacial score (nSPS) is 23.2. The van der Waals surface area contributed by atoms with Gasteiger partial charge in [0.05, 0.1) is 5.39 Å². The highest BCUT2D eigenvalue weighted by atomic mass is 35.5. The first-order valence-corrected chi connectivity index (χ1v) is 8.45. The van der Waals surface area contributed by atoms with Crippen molar-refractivity contribution in [2.45, 2.75) is 52.5 Å². The lowest BCUT2D eigenvalue weighted by atomic mass is 9.86. The SMILES string of the molecule is Cc1sc2nc(Cl)nc(NC3CCCCC3C)c2c1C. The monoisotopic (exact) mass is 309 g/mol. The topological polar surface area (TPSA) is 37.8 Å². The average Bonchev–Trinajstić information content (AvgIpc) is 2.67. The van der Waals surface area contributed by atoms with E-state index in [-0.39, 0.29) is 0 Å². The van der Waals surface area contributed by atoms with E-state index in [1.165, 1.54) is 36.1 Å². The second-order valence-corrected chi connectivity index (χ2v) is 7.36. The molecule has 5 heteroatoms. The molecule has 0 aliphatic heterocycles. The van der Waals surface area contributed by atoms with E-state index in [1.807, 2.05) is 0 Å². The van der Waals surface area contributed by atoms with Crippen LogP contribution < -0.4 is 5.32 Å². The van der Waals surface area contributed by atoms with E-state index in [2.05, 4.69) is 36.1 Å². The predicted octanol–water partition coefficient (Wildman–Crippen LogP) is 4.95. The molecule has 0 bridgehead atoms. The van der Waals surface area contributed by atoms with Crippen LogP contribution in [-0.4, -0.2) is 16.0 Å². The molecule has 2 heterocycles. The average molecular weight is 310 g/mol. The molecule has 108 valence electrons. The Morgan fingerprint density at radius 1 is 1.20 bits per heavy atom. The van der Waals surface area contributed by atoms with Crippen LogP contribution in [0.15, 0.2) is 0 Å². The minimum absolute atomic E-state index is 0.338. The molecule has 1 aliphatic rings. The molecule has 0 saturated heterocycles. The smallest absolute Gasteiger partial charge is 0.225 e. The van der Waals surface area contributed by atoms with Gasteiger partial charge in [0, 0.05) is 10.9 Å². The van der Waals surface area contributed by atoms with Crippen molar-refractivity contribution in [3.8, 4) is 0 Å². The van der Waals surface area contributed by atoms with Crippen LogP contribution in [-0.2, 0) is 0 Å². The summed E-state index contributed by atoms with van der Waals surface area (Å²) in [7, 11) is 0. The van der Waals surface area contributed by atoms with Gasteiger partial charge < -0.3 is 5.32 Å². The lowest BCUT2D eigenvalue weighted by molar-refractivity contribution is 0.349. The van der Waals surface area contributed by atoms with Crippen LogP contribution in [0.3, 0.4) is 0 Å². The standard InChI is InChI=1S/C15H20ClN3S/c1-8-6-4-5-7-11(8)17-13-12-9(2)10(3)20-14(12)19-15(16)18-13/h8,11H,4-7H2,1-3H3,(H,17,18,19). The van der Waals surface area contributed by atoms with Crippen molar-refractivity contribution in [2.75, 3.05) is 5.32 Å². The number of rotatable bonds is 2. The second kappa shape index (κ2) is 5.49. The fourth-order valence-electron chi connectivity index (χ4n) is 3.03. The number of aryl methyl sites for hydroxylation is 2. The van der Waals surface area contributed by atoms with E-state index in [0.717, 1.165) is 16.0 Å². The van der Waals surface area contributed by atoms with Crippen LogP contribution >= 0.6 is 22.9 Å². The summed E-state index contributed by atoms with van der Waals surface area (Å²) in [5, 5.41) is 5.13. The van der Waals surface area contributed by atoms with Gasteiger partial charge >= 0.3 is 0 Å². The third-order valence-corrected chi connectivity index (χ3v) is 5.71. The number of nitrogens with zero attached hydrogens (tertiary/aromatic N) is 2. The summed E-state index contributed by atoms with van der Waals surface area (Å²) in [6.45, 7) is 6.59. The molecule has 2 unspecified atom stereocenters. The molecule has 20 heavy (non-hydrogen) atoms. The van der Waals surface area contributed by atoms with E-state index in [4.69, 9.17) is 11.6 Å². The first-order chi connectivity index (χ1) is 9.56. The fraction of sp³-hybridized carbons (Fsp3) is 0.600. The summed E-state index contributed by atoms with van der Waals surface area (Å²) in [5.41, 5.74) is 1.27. The van der Waals surface area contributed by atoms with E-state index < -0.39 is 0 Å². The Bertz CT molecular complexity index is 638. The molecular weight excluding hydrogens is 290 g/mol. The molecule has 0 amide bonds. The van der Waals surface area contributed by atoms with E-state index >= 15 is 0 Å². The maximum Gasteiger partial charge on any atom is 0.225 e. The van der Waals surface area contributed by atoms with Gasteiger partial charge in [-0.05, 0) is 49.8 Å². The lowest BCUT2D eigenvalue weighted by Gasteiger charge is -2.30. The Labute approximate surface area is 128 Å². The molecule has 1 aliphatic carbocycles. The number of nitrogens with one attached hydrogen (secondary N) is 1. The molecule has 1 saturated carbocycles. The van der Waals surface area contributed by atoms with Gasteiger partial charge in [0.15, 0.2) is 0 Å². The number of thiophene rings is 1. The maximum atomic E-state index is 6.08. The fourth-order valence-corrected chi connectivity index (χ4v) is 4.28. The summed E-state index contributed by atoms with van der Waals surface area (Å²) in [4.78, 5) is 11.1. The first-order valence-electron chi connectivity index (χ1n) is 7.26. The Kier molecular flexibility index (Phi) is 3.87.